The summed E-state index contributed by atoms with van der Waals surface area (Å²) in [6.45, 7) is 7.29. The predicted molar refractivity (Wildman–Crippen MR) is 93.5 cm³/mol. The fourth-order valence-corrected chi connectivity index (χ4v) is 2.30. The van der Waals surface area contributed by atoms with E-state index in [0.717, 1.165) is 18.5 Å². The first-order chi connectivity index (χ1) is 10.8. The van der Waals surface area contributed by atoms with E-state index >= 15 is 0 Å². The molecule has 1 aromatic rings. The van der Waals surface area contributed by atoms with Crippen LogP contribution in [0.15, 0.2) is 24.3 Å². The quantitative estimate of drug-likeness (QED) is 0.719. The van der Waals surface area contributed by atoms with Crippen LogP contribution in [0.4, 0.5) is 0 Å². The van der Waals surface area contributed by atoms with Crippen molar-refractivity contribution < 1.29 is 9.59 Å². The van der Waals surface area contributed by atoms with Crippen LogP contribution in [0.1, 0.15) is 36.2 Å². The van der Waals surface area contributed by atoms with E-state index in [4.69, 9.17) is 0 Å². The van der Waals surface area contributed by atoms with Gasteiger partial charge in [-0.05, 0) is 51.5 Å². The van der Waals surface area contributed by atoms with Gasteiger partial charge in [0, 0.05) is 12.1 Å². The summed E-state index contributed by atoms with van der Waals surface area (Å²) in [5.41, 5.74) is 1.51. The molecule has 23 heavy (non-hydrogen) atoms. The topological polar surface area (TPSA) is 61.4 Å². The molecule has 1 aromatic carbocycles. The second-order valence-corrected chi connectivity index (χ2v) is 6.46. The Bertz CT molecular complexity index is 527. The van der Waals surface area contributed by atoms with Crippen LogP contribution in [0.25, 0.3) is 0 Å². The van der Waals surface area contributed by atoms with Gasteiger partial charge in [-0.1, -0.05) is 32.0 Å². The molecular weight excluding hydrogens is 290 g/mol. The van der Waals surface area contributed by atoms with Crippen molar-refractivity contribution in [2.45, 2.75) is 33.2 Å². The van der Waals surface area contributed by atoms with Crippen molar-refractivity contribution in [3.63, 3.8) is 0 Å². The zero-order valence-corrected chi connectivity index (χ0v) is 14.8. The summed E-state index contributed by atoms with van der Waals surface area (Å²) in [5, 5.41) is 5.77. The van der Waals surface area contributed by atoms with Crippen molar-refractivity contribution in [3.8, 4) is 0 Å². The van der Waals surface area contributed by atoms with Crippen molar-refractivity contribution >= 4 is 11.8 Å². The Labute approximate surface area is 139 Å². The van der Waals surface area contributed by atoms with E-state index < -0.39 is 6.04 Å². The number of benzene rings is 1. The van der Waals surface area contributed by atoms with Crippen molar-refractivity contribution in [2.24, 2.45) is 5.92 Å². The summed E-state index contributed by atoms with van der Waals surface area (Å²) in [6, 6.07) is 6.86. The molecule has 2 amide bonds. The molecule has 2 N–H and O–H groups in total. The number of carbonyl (C=O) groups is 2. The second kappa shape index (κ2) is 9.30. The average molecular weight is 319 g/mol. The van der Waals surface area contributed by atoms with Gasteiger partial charge in [-0.15, -0.1) is 0 Å². The van der Waals surface area contributed by atoms with E-state index in [2.05, 4.69) is 15.5 Å². The first kappa shape index (κ1) is 19.2. The molecule has 5 nitrogen and oxygen atoms in total. The number of rotatable bonds is 8. The number of nitrogens with one attached hydrogen (secondary N) is 2. The van der Waals surface area contributed by atoms with Crippen LogP contribution in [0.3, 0.4) is 0 Å². The molecule has 0 aliphatic rings. The number of carbonyl (C=O) groups excluding carboxylic acids is 2. The fourth-order valence-electron chi connectivity index (χ4n) is 2.30. The largest absolute Gasteiger partial charge is 0.354 e. The lowest BCUT2D eigenvalue weighted by molar-refractivity contribution is -0.123. The molecule has 0 aromatic heterocycles. The monoisotopic (exact) mass is 319 g/mol. The van der Waals surface area contributed by atoms with E-state index in [1.807, 2.05) is 53.1 Å². The Balaban J connectivity index is 2.62. The highest BCUT2D eigenvalue weighted by Crippen LogP contribution is 2.09. The first-order valence-electron chi connectivity index (χ1n) is 8.12. The molecule has 128 valence electrons. The molecule has 0 radical (unpaired) electrons. The van der Waals surface area contributed by atoms with Crippen LogP contribution >= 0.6 is 0 Å². The van der Waals surface area contributed by atoms with Gasteiger partial charge in [0.25, 0.3) is 5.91 Å². The molecule has 5 heteroatoms. The Kier molecular flexibility index (Phi) is 7.75. The van der Waals surface area contributed by atoms with E-state index in [0.29, 0.717) is 12.1 Å². The van der Waals surface area contributed by atoms with Gasteiger partial charge in [-0.2, -0.15) is 0 Å². The van der Waals surface area contributed by atoms with Crippen LogP contribution in [0.2, 0.25) is 0 Å². The molecule has 1 rings (SSSR count). The Morgan fingerprint density at radius 3 is 2.39 bits per heavy atom. The Morgan fingerprint density at radius 2 is 1.83 bits per heavy atom. The molecule has 1 unspecified atom stereocenters. The van der Waals surface area contributed by atoms with Crippen molar-refractivity contribution in [1.82, 2.24) is 15.5 Å². The smallest absolute Gasteiger partial charge is 0.252 e. The summed E-state index contributed by atoms with van der Waals surface area (Å²) >= 11 is 0. The van der Waals surface area contributed by atoms with Gasteiger partial charge in [0.2, 0.25) is 5.91 Å². The zero-order chi connectivity index (χ0) is 17.4. The molecular formula is C18H29N3O2. The lowest BCUT2D eigenvalue weighted by Gasteiger charge is -2.22. The fraction of sp³-hybridized carbons (Fsp3) is 0.556. The molecule has 0 saturated carbocycles. The van der Waals surface area contributed by atoms with E-state index in [1.165, 1.54) is 0 Å². The highest BCUT2D eigenvalue weighted by molar-refractivity contribution is 5.98. The molecule has 0 aliphatic carbocycles. The summed E-state index contributed by atoms with van der Waals surface area (Å²) in [7, 11) is 4.00. The number of hydrogen-bond acceptors (Lipinski definition) is 3. The van der Waals surface area contributed by atoms with Crippen LogP contribution in [-0.2, 0) is 4.79 Å². The summed E-state index contributed by atoms with van der Waals surface area (Å²) < 4.78 is 0. The second-order valence-electron chi connectivity index (χ2n) is 6.46. The Hall–Kier alpha value is -1.88. The van der Waals surface area contributed by atoms with E-state index in [1.54, 1.807) is 6.07 Å². The normalized spacial score (nSPS) is 12.3. The van der Waals surface area contributed by atoms with Crippen molar-refractivity contribution in [1.29, 1.82) is 0 Å². The van der Waals surface area contributed by atoms with Gasteiger partial charge in [-0.25, -0.2) is 0 Å². The molecule has 1 atom stereocenters. The van der Waals surface area contributed by atoms with Gasteiger partial charge in [0.1, 0.15) is 6.04 Å². The minimum atomic E-state index is -0.526. The number of nitrogens with zero attached hydrogens (tertiary/aromatic N) is 1. The lowest BCUT2D eigenvalue weighted by atomic mass is 10.0. The molecule has 0 fully saturated rings. The van der Waals surface area contributed by atoms with Crippen molar-refractivity contribution in [2.75, 3.05) is 27.2 Å². The van der Waals surface area contributed by atoms with Crippen molar-refractivity contribution in [3.05, 3.63) is 35.4 Å². The standard InChI is InChI=1S/C18H29N3O2/c1-13(2)16(18(23)19-11-8-12-21(4)5)20-17(22)15-10-7-6-9-14(15)3/h6-7,9-10,13,16H,8,11-12H2,1-5H3,(H,19,23)(H,20,22). The van der Waals surface area contributed by atoms with Gasteiger partial charge in [0.15, 0.2) is 0 Å². The number of amides is 2. The first-order valence-corrected chi connectivity index (χ1v) is 8.12. The highest BCUT2D eigenvalue weighted by Gasteiger charge is 2.24. The lowest BCUT2D eigenvalue weighted by Crippen LogP contribution is -2.50. The highest BCUT2D eigenvalue weighted by atomic mass is 16.2. The molecule has 0 aliphatic heterocycles. The molecule has 0 saturated heterocycles. The van der Waals surface area contributed by atoms with Gasteiger partial charge >= 0.3 is 0 Å². The van der Waals surface area contributed by atoms with Gasteiger partial charge in [0.05, 0.1) is 0 Å². The van der Waals surface area contributed by atoms with Crippen LogP contribution in [0, 0.1) is 12.8 Å². The maximum Gasteiger partial charge on any atom is 0.252 e. The maximum absolute atomic E-state index is 12.4. The van der Waals surface area contributed by atoms with Crippen LogP contribution in [-0.4, -0.2) is 49.9 Å². The molecule has 0 heterocycles. The Morgan fingerprint density at radius 1 is 1.17 bits per heavy atom. The number of hydrogen-bond donors (Lipinski definition) is 2. The maximum atomic E-state index is 12.4. The van der Waals surface area contributed by atoms with Crippen LogP contribution in [0.5, 0.6) is 0 Å². The molecule has 0 bridgehead atoms. The van der Waals surface area contributed by atoms with Gasteiger partial charge in [-0.3, -0.25) is 9.59 Å². The van der Waals surface area contributed by atoms with E-state index in [9.17, 15) is 9.59 Å². The average Bonchev–Trinajstić information content (AvgIpc) is 2.48. The minimum absolute atomic E-state index is 0.0248. The summed E-state index contributed by atoms with van der Waals surface area (Å²) in [5.74, 6) is -0.303. The van der Waals surface area contributed by atoms with Crippen LogP contribution < -0.4 is 10.6 Å². The zero-order valence-electron chi connectivity index (χ0n) is 14.8. The third kappa shape index (κ3) is 6.40. The third-order valence-electron chi connectivity index (χ3n) is 3.71. The minimum Gasteiger partial charge on any atom is -0.354 e. The SMILES string of the molecule is Cc1ccccc1C(=O)NC(C(=O)NCCCN(C)C)C(C)C. The number of aryl methyl sites for hydroxylation is 1. The predicted octanol–water partition coefficient (Wildman–Crippen LogP) is 1.82. The summed E-state index contributed by atoms with van der Waals surface area (Å²) in [6.07, 6.45) is 0.884. The van der Waals surface area contributed by atoms with E-state index in [-0.39, 0.29) is 17.7 Å². The van der Waals surface area contributed by atoms with Gasteiger partial charge < -0.3 is 15.5 Å². The molecule has 0 spiro atoms. The summed E-state index contributed by atoms with van der Waals surface area (Å²) in [4.78, 5) is 26.8. The third-order valence-corrected chi connectivity index (χ3v) is 3.71.